The quantitative estimate of drug-likeness (QED) is 0.673. The molecule has 1 aliphatic rings. The summed E-state index contributed by atoms with van der Waals surface area (Å²) < 4.78 is 13.0. The van der Waals surface area contributed by atoms with Gasteiger partial charge in [0.15, 0.2) is 0 Å². The SMILES string of the molecule is NCCNC1C(=O)Nc2ccc(F)cc21. The summed E-state index contributed by atoms with van der Waals surface area (Å²) in [6, 6.07) is 3.76. The Morgan fingerprint density at radius 3 is 3.07 bits per heavy atom. The van der Waals surface area contributed by atoms with Crippen LogP contribution in [0.4, 0.5) is 10.1 Å². The first-order valence-electron chi connectivity index (χ1n) is 4.76. The van der Waals surface area contributed by atoms with E-state index in [1.807, 2.05) is 0 Å². The number of carbonyl (C=O) groups is 1. The van der Waals surface area contributed by atoms with Crippen LogP contribution in [0.3, 0.4) is 0 Å². The number of carbonyl (C=O) groups excluding carboxylic acids is 1. The lowest BCUT2D eigenvalue weighted by Crippen LogP contribution is -2.31. The second-order valence-corrected chi connectivity index (χ2v) is 3.40. The number of benzene rings is 1. The third kappa shape index (κ3) is 1.84. The number of rotatable bonds is 3. The average molecular weight is 209 g/mol. The van der Waals surface area contributed by atoms with Crippen molar-refractivity contribution in [1.82, 2.24) is 5.32 Å². The third-order valence-corrected chi connectivity index (χ3v) is 2.34. The lowest BCUT2D eigenvalue weighted by atomic mass is 10.1. The molecule has 4 nitrogen and oxygen atoms in total. The van der Waals surface area contributed by atoms with Gasteiger partial charge in [-0.3, -0.25) is 4.79 Å². The summed E-state index contributed by atoms with van der Waals surface area (Å²) >= 11 is 0. The van der Waals surface area contributed by atoms with Crippen LogP contribution < -0.4 is 16.4 Å². The van der Waals surface area contributed by atoms with Crippen molar-refractivity contribution in [1.29, 1.82) is 0 Å². The van der Waals surface area contributed by atoms with Gasteiger partial charge < -0.3 is 16.4 Å². The van der Waals surface area contributed by atoms with Crippen LogP contribution in [0, 0.1) is 5.82 Å². The van der Waals surface area contributed by atoms with E-state index in [2.05, 4.69) is 10.6 Å². The van der Waals surface area contributed by atoms with Crippen molar-refractivity contribution in [3.05, 3.63) is 29.6 Å². The number of nitrogens with one attached hydrogen (secondary N) is 2. The van der Waals surface area contributed by atoms with Gasteiger partial charge >= 0.3 is 0 Å². The van der Waals surface area contributed by atoms with Crippen LogP contribution in [-0.2, 0) is 4.79 Å². The van der Waals surface area contributed by atoms with Gasteiger partial charge in [0.05, 0.1) is 0 Å². The highest BCUT2D eigenvalue weighted by atomic mass is 19.1. The van der Waals surface area contributed by atoms with Crippen molar-refractivity contribution in [2.75, 3.05) is 18.4 Å². The second kappa shape index (κ2) is 3.96. The van der Waals surface area contributed by atoms with Gasteiger partial charge in [0.2, 0.25) is 5.91 Å². The molecule has 0 spiro atoms. The van der Waals surface area contributed by atoms with E-state index in [1.54, 1.807) is 6.07 Å². The molecule has 1 atom stereocenters. The summed E-state index contributed by atoms with van der Waals surface area (Å²) in [4.78, 5) is 11.5. The maximum absolute atomic E-state index is 13.0. The maximum Gasteiger partial charge on any atom is 0.246 e. The van der Waals surface area contributed by atoms with Crippen LogP contribution in [0.25, 0.3) is 0 Å². The molecule has 2 rings (SSSR count). The first-order chi connectivity index (χ1) is 7.22. The molecule has 0 aromatic heterocycles. The zero-order valence-electron chi connectivity index (χ0n) is 8.09. The van der Waals surface area contributed by atoms with Crippen LogP contribution in [0.2, 0.25) is 0 Å². The second-order valence-electron chi connectivity index (χ2n) is 3.40. The van der Waals surface area contributed by atoms with E-state index in [1.165, 1.54) is 12.1 Å². The van der Waals surface area contributed by atoms with Crippen molar-refractivity contribution in [3.8, 4) is 0 Å². The van der Waals surface area contributed by atoms with Gasteiger partial charge in [0.25, 0.3) is 0 Å². The minimum atomic E-state index is -0.487. The summed E-state index contributed by atoms with van der Waals surface area (Å²) in [5.41, 5.74) is 6.64. The minimum absolute atomic E-state index is 0.163. The first kappa shape index (κ1) is 10.1. The summed E-state index contributed by atoms with van der Waals surface area (Å²) in [5, 5.41) is 5.64. The van der Waals surface area contributed by atoms with E-state index in [0.717, 1.165) is 0 Å². The van der Waals surface area contributed by atoms with E-state index in [4.69, 9.17) is 5.73 Å². The van der Waals surface area contributed by atoms with E-state index >= 15 is 0 Å². The first-order valence-corrected chi connectivity index (χ1v) is 4.76. The fourth-order valence-corrected chi connectivity index (χ4v) is 1.66. The Kier molecular flexibility index (Phi) is 2.66. The van der Waals surface area contributed by atoms with Gasteiger partial charge in [0, 0.05) is 24.3 Å². The van der Waals surface area contributed by atoms with E-state index in [9.17, 15) is 9.18 Å². The Labute approximate surface area is 86.7 Å². The zero-order valence-corrected chi connectivity index (χ0v) is 8.09. The third-order valence-electron chi connectivity index (χ3n) is 2.34. The normalized spacial score (nSPS) is 18.8. The molecule has 15 heavy (non-hydrogen) atoms. The van der Waals surface area contributed by atoms with Crippen molar-refractivity contribution < 1.29 is 9.18 Å². The molecule has 4 N–H and O–H groups in total. The molecule has 1 aromatic carbocycles. The smallest absolute Gasteiger partial charge is 0.246 e. The molecule has 0 saturated heterocycles. The van der Waals surface area contributed by atoms with Gasteiger partial charge in [0.1, 0.15) is 11.9 Å². The average Bonchev–Trinajstić information content (AvgIpc) is 2.51. The molecule has 0 aliphatic carbocycles. The molecule has 5 heteroatoms. The van der Waals surface area contributed by atoms with Crippen molar-refractivity contribution in [2.24, 2.45) is 5.73 Å². The summed E-state index contributed by atoms with van der Waals surface area (Å²) in [6.45, 7) is 0.961. The number of halogens is 1. The zero-order chi connectivity index (χ0) is 10.8. The lowest BCUT2D eigenvalue weighted by molar-refractivity contribution is -0.117. The van der Waals surface area contributed by atoms with Gasteiger partial charge in [-0.2, -0.15) is 0 Å². The number of hydrogen-bond acceptors (Lipinski definition) is 3. The monoisotopic (exact) mass is 209 g/mol. The van der Waals surface area contributed by atoms with E-state index in [-0.39, 0.29) is 11.7 Å². The summed E-state index contributed by atoms with van der Waals surface area (Å²) in [7, 11) is 0. The minimum Gasteiger partial charge on any atom is -0.329 e. The Balaban J connectivity index is 2.27. The Morgan fingerprint density at radius 2 is 2.33 bits per heavy atom. The largest absolute Gasteiger partial charge is 0.329 e. The van der Waals surface area contributed by atoms with Gasteiger partial charge in [-0.1, -0.05) is 0 Å². The molecule has 0 radical (unpaired) electrons. The van der Waals surface area contributed by atoms with Crippen molar-refractivity contribution in [2.45, 2.75) is 6.04 Å². The molecule has 1 amide bonds. The van der Waals surface area contributed by atoms with Crippen LogP contribution in [0.1, 0.15) is 11.6 Å². The molecule has 1 aliphatic heterocycles. The van der Waals surface area contributed by atoms with Crippen LogP contribution >= 0.6 is 0 Å². The molecule has 80 valence electrons. The predicted molar refractivity (Wildman–Crippen MR) is 54.8 cm³/mol. The number of anilines is 1. The number of amides is 1. The fraction of sp³-hybridized carbons (Fsp3) is 0.300. The highest BCUT2D eigenvalue weighted by molar-refractivity contribution is 6.02. The van der Waals surface area contributed by atoms with Gasteiger partial charge in [-0.25, -0.2) is 4.39 Å². The molecular weight excluding hydrogens is 197 g/mol. The van der Waals surface area contributed by atoms with E-state index in [0.29, 0.717) is 24.3 Å². The van der Waals surface area contributed by atoms with Crippen LogP contribution in [0.15, 0.2) is 18.2 Å². The molecule has 0 fully saturated rings. The van der Waals surface area contributed by atoms with Gasteiger partial charge in [-0.15, -0.1) is 0 Å². The molecule has 1 heterocycles. The fourth-order valence-electron chi connectivity index (χ4n) is 1.66. The molecule has 1 aromatic rings. The Bertz CT molecular complexity index is 394. The van der Waals surface area contributed by atoms with Gasteiger partial charge in [-0.05, 0) is 18.2 Å². The Hall–Kier alpha value is -1.46. The highest BCUT2D eigenvalue weighted by Gasteiger charge is 2.29. The predicted octanol–water partition coefficient (Wildman–Crippen LogP) is 0.367. The van der Waals surface area contributed by atoms with E-state index < -0.39 is 6.04 Å². The molecular formula is C10H12FN3O. The van der Waals surface area contributed by atoms with Crippen molar-refractivity contribution in [3.63, 3.8) is 0 Å². The maximum atomic E-state index is 13.0. The summed E-state index contributed by atoms with van der Waals surface area (Å²) in [5.74, 6) is -0.506. The number of nitrogens with two attached hydrogens (primary N) is 1. The topological polar surface area (TPSA) is 67.1 Å². The molecule has 0 saturated carbocycles. The summed E-state index contributed by atoms with van der Waals surface area (Å²) in [6.07, 6.45) is 0. The lowest BCUT2D eigenvalue weighted by Gasteiger charge is -2.09. The van der Waals surface area contributed by atoms with Crippen LogP contribution in [0.5, 0.6) is 0 Å². The molecule has 0 bridgehead atoms. The molecule has 1 unspecified atom stereocenters. The highest BCUT2D eigenvalue weighted by Crippen LogP contribution is 2.30. The number of fused-ring (bicyclic) bond motifs is 1. The number of hydrogen-bond donors (Lipinski definition) is 3. The Morgan fingerprint density at radius 1 is 1.53 bits per heavy atom. The standard InChI is InChI=1S/C10H12FN3O/c11-6-1-2-8-7(5-6)9(10(15)14-8)13-4-3-12/h1-2,5,9,13H,3-4,12H2,(H,14,15). The van der Waals surface area contributed by atoms with Crippen molar-refractivity contribution >= 4 is 11.6 Å². The van der Waals surface area contributed by atoms with Crippen LogP contribution in [-0.4, -0.2) is 19.0 Å².